The minimum Gasteiger partial charge on any atom is -0.331 e. The Balaban J connectivity index is 1.84. The van der Waals surface area contributed by atoms with E-state index in [4.69, 9.17) is 0 Å². The first kappa shape index (κ1) is 15.7. The Morgan fingerprint density at radius 2 is 1.87 bits per heavy atom. The van der Waals surface area contributed by atoms with Crippen LogP contribution in [0, 0.1) is 13.8 Å². The van der Waals surface area contributed by atoms with E-state index in [0.29, 0.717) is 4.90 Å². The normalized spacial score (nSPS) is 12.0. The van der Waals surface area contributed by atoms with Crippen molar-refractivity contribution in [3.8, 4) is 0 Å². The van der Waals surface area contributed by atoms with Crippen molar-refractivity contribution in [3.63, 3.8) is 0 Å². The highest BCUT2D eigenvalue weighted by Gasteiger charge is 2.16. The number of hydrogen-bond donors (Lipinski definition) is 1. The van der Waals surface area contributed by atoms with E-state index >= 15 is 0 Å². The summed E-state index contributed by atoms with van der Waals surface area (Å²) < 4.78 is 29.5. The number of aryl methyl sites for hydroxylation is 3. The quantitative estimate of drug-likeness (QED) is 0.800. The fourth-order valence-corrected chi connectivity index (χ4v) is 3.85. The summed E-state index contributed by atoms with van der Waals surface area (Å²) in [6, 6.07) is 12.8. The number of imidazole rings is 1. The number of benzene rings is 2. The van der Waals surface area contributed by atoms with Crippen LogP contribution >= 0.6 is 0 Å². The number of aromatic nitrogens is 2. The van der Waals surface area contributed by atoms with Gasteiger partial charge in [0.1, 0.15) is 5.82 Å². The van der Waals surface area contributed by atoms with E-state index in [-0.39, 0.29) is 6.54 Å². The molecule has 0 bridgehead atoms. The third-order valence-corrected chi connectivity index (χ3v) is 5.58. The summed E-state index contributed by atoms with van der Waals surface area (Å²) in [5, 5.41) is 0. The summed E-state index contributed by atoms with van der Waals surface area (Å²) in [6.07, 6.45) is 0. The van der Waals surface area contributed by atoms with E-state index in [2.05, 4.69) is 9.71 Å². The molecular weight excluding hydrogens is 310 g/mol. The molecule has 0 fully saturated rings. The van der Waals surface area contributed by atoms with Crippen LogP contribution in [-0.2, 0) is 23.6 Å². The van der Waals surface area contributed by atoms with Crippen LogP contribution in [0.2, 0.25) is 0 Å². The SMILES string of the molecule is Cc1ccccc1S(=O)(=O)NCc1ccc2c(c1)nc(C)n2C. The summed E-state index contributed by atoms with van der Waals surface area (Å²) in [5.41, 5.74) is 3.52. The molecule has 0 saturated carbocycles. The molecule has 2 aromatic carbocycles. The lowest BCUT2D eigenvalue weighted by Crippen LogP contribution is -2.23. The number of nitrogens with one attached hydrogen (secondary N) is 1. The molecule has 0 amide bonds. The molecule has 0 saturated heterocycles. The van der Waals surface area contributed by atoms with Crippen molar-refractivity contribution in [2.24, 2.45) is 7.05 Å². The number of sulfonamides is 1. The maximum absolute atomic E-state index is 12.4. The van der Waals surface area contributed by atoms with Crippen LogP contribution < -0.4 is 4.72 Å². The first-order valence-electron chi connectivity index (χ1n) is 7.36. The predicted octanol–water partition coefficient (Wildman–Crippen LogP) is 2.67. The Morgan fingerprint density at radius 3 is 2.61 bits per heavy atom. The Hall–Kier alpha value is -2.18. The molecule has 120 valence electrons. The molecule has 0 spiro atoms. The zero-order chi connectivity index (χ0) is 16.6. The van der Waals surface area contributed by atoms with Crippen LogP contribution in [0.5, 0.6) is 0 Å². The predicted molar refractivity (Wildman–Crippen MR) is 90.7 cm³/mol. The van der Waals surface area contributed by atoms with Gasteiger partial charge in [-0.1, -0.05) is 24.3 Å². The Labute approximate surface area is 136 Å². The van der Waals surface area contributed by atoms with Crippen molar-refractivity contribution in [1.82, 2.24) is 14.3 Å². The van der Waals surface area contributed by atoms with Crippen LogP contribution in [-0.4, -0.2) is 18.0 Å². The van der Waals surface area contributed by atoms with Crippen LogP contribution in [0.1, 0.15) is 17.0 Å². The summed E-state index contributed by atoms with van der Waals surface area (Å²) in [5.74, 6) is 0.928. The van der Waals surface area contributed by atoms with Crippen molar-refractivity contribution >= 4 is 21.1 Å². The first-order chi connectivity index (χ1) is 10.9. The van der Waals surface area contributed by atoms with Gasteiger partial charge in [-0.15, -0.1) is 0 Å². The molecule has 0 radical (unpaired) electrons. The second kappa shape index (κ2) is 5.79. The highest BCUT2D eigenvalue weighted by atomic mass is 32.2. The monoisotopic (exact) mass is 329 g/mol. The van der Waals surface area contributed by atoms with Crippen LogP contribution in [0.3, 0.4) is 0 Å². The lowest BCUT2D eigenvalue weighted by atomic mass is 10.2. The zero-order valence-corrected chi connectivity index (χ0v) is 14.2. The van der Waals surface area contributed by atoms with Gasteiger partial charge in [-0.2, -0.15) is 0 Å². The molecule has 0 aliphatic heterocycles. The fraction of sp³-hybridized carbons (Fsp3) is 0.235. The average molecular weight is 329 g/mol. The summed E-state index contributed by atoms with van der Waals surface area (Å²) in [4.78, 5) is 4.79. The molecule has 3 rings (SSSR count). The molecular formula is C17H19N3O2S. The number of fused-ring (bicyclic) bond motifs is 1. The van der Waals surface area contributed by atoms with Gasteiger partial charge in [-0.05, 0) is 43.2 Å². The van der Waals surface area contributed by atoms with Gasteiger partial charge in [0.15, 0.2) is 0 Å². The second-order valence-corrected chi connectivity index (χ2v) is 7.37. The van der Waals surface area contributed by atoms with Crippen molar-refractivity contribution in [1.29, 1.82) is 0 Å². The molecule has 1 N–H and O–H groups in total. The molecule has 0 aliphatic rings. The minimum atomic E-state index is -3.52. The van der Waals surface area contributed by atoms with Gasteiger partial charge < -0.3 is 4.57 Å². The molecule has 3 aromatic rings. The smallest absolute Gasteiger partial charge is 0.241 e. The molecule has 1 aromatic heterocycles. The van der Waals surface area contributed by atoms with Gasteiger partial charge in [-0.3, -0.25) is 0 Å². The fourth-order valence-electron chi connectivity index (χ4n) is 2.59. The van der Waals surface area contributed by atoms with Gasteiger partial charge >= 0.3 is 0 Å². The van der Waals surface area contributed by atoms with Gasteiger partial charge in [0.2, 0.25) is 10.0 Å². The first-order valence-corrected chi connectivity index (χ1v) is 8.84. The van der Waals surface area contributed by atoms with E-state index in [1.54, 1.807) is 25.1 Å². The van der Waals surface area contributed by atoms with E-state index in [1.807, 2.05) is 42.8 Å². The van der Waals surface area contributed by atoms with E-state index in [9.17, 15) is 8.42 Å². The number of rotatable bonds is 4. The van der Waals surface area contributed by atoms with Crippen LogP contribution in [0.25, 0.3) is 11.0 Å². The third kappa shape index (κ3) is 3.00. The van der Waals surface area contributed by atoms with Crippen LogP contribution in [0.15, 0.2) is 47.4 Å². The Morgan fingerprint density at radius 1 is 1.13 bits per heavy atom. The molecule has 5 nitrogen and oxygen atoms in total. The number of hydrogen-bond acceptors (Lipinski definition) is 3. The zero-order valence-electron chi connectivity index (χ0n) is 13.4. The van der Waals surface area contributed by atoms with Crippen LogP contribution in [0.4, 0.5) is 0 Å². The largest absolute Gasteiger partial charge is 0.331 e. The highest BCUT2D eigenvalue weighted by molar-refractivity contribution is 7.89. The lowest BCUT2D eigenvalue weighted by Gasteiger charge is -2.09. The van der Waals surface area contributed by atoms with Crippen molar-refractivity contribution in [3.05, 3.63) is 59.4 Å². The second-order valence-electron chi connectivity index (χ2n) is 5.63. The van der Waals surface area contributed by atoms with Crippen molar-refractivity contribution in [2.75, 3.05) is 0 Å². The van der Waals surface area contributed by atoms with Gasteiger partial charge in [0.05, 0.1) is 15.9 Å². The number of nitrogens with zero attached hydrogens (tertiary/aromatic N) is 2. The topological polar surface area (TPSA) is 64.0 Å². The van der Waals surface area contributed by atoms with Gasteiger partial charge in [0.25, 0.3) is 0 Å². The van der Waals surface area contributed by atoms with Gasteiger partial charge in [0, 0.05) is 13.6 Å². The van der Waals surface area contributed by atoms with E-state index in [0.717, 1.165) is 28.0 Å². The molecule has 6 heteroatoms. The van der Waals surface area contributed by atoms with Crippen molar-refractivity contribution < 1.29 is 8.42 Å². The van der Waals surface area contributed by atoms with E-state index < -0.39 is 10.0 Å². The van der Waals surface area contributed by atoms with E-state index in [1.165, 1.54) is 0 Å². The Kier molecular flexibility index (Phi) is 3.95. The third-order valence-electron chi connectivity index (χ3n) is 4.02. The summed E-state index contributed by atoms with van der Waals surface area (Å²) >= 11 is 0. The Bertz CT molecular complexity index is 975. The summed E-state index contributed by atoms with van der Waals surface area (Å²) in [6.45, 7) is 3.97. The molecule has 23 heavy (non-hydrogen) atoms. The maximum atomic E-state index is 12.4. The maximum Gasteiger partial charge on any atom is 0.241 e. The standard InChI is InChI=1S/C17H19N3O2S/c1-12-6-4-5-7-17(12)23(21,22)18-11-14-8-9-16-15(10-14)19-13(2)20(16)3/h4-10,18H,11H2,1-3H3. The van der Waals surface area contributed by atoms with Crippen molar-refractivity contribution in [2.45, 2.75) is 25.3 Å². The summed E-state index contributed by atoms with van der Waals surface area (Å²) in [7, 11) is -1.56. The molecule has 0 unspecified atom stereocenters. The van der Waals surface area contributed by atoms with Gasteiger partial charge in [-0.25, -0.2) is 18.1 Å². The minimum absolute atomic E-state index is 0.238. The lowest BCUT2D eigenvalue weighted by molar-refractivity contribution is 0.580. The average Bonchev–Trinajstić information content (AvgIpc) is 2.80. The molecule has 0 aliphatic carbocycles. The highest BCUT2D eigenvalue weighted by Crippen LogP contribution is 2.18. The molecule has 0 atom stereocenters. The molecule has 1 heterocycles.